The standard InChI is InChI=1S/C30H35N3O4/c1-19-14-15-22(20(2)17-19)28-27(29(35)32-37-18-21-9-7-8-16-31-21)23-10-3-4-11-24(23)30(36)33(28)25-12-5-6-13-26(25)34/h3-4,7-11,14-17,25-29,32,34-35H,5-6,12-13,18H2,1-2H3. The largest absolute Gasteiger partial charge is 0.391 e. The summed E-state index contributed by atoms with van der Waals surface area (Å²) in [6, 6.07) is 18.4. The van der Waals surface area contributed by atoms with E-state index in [0.717, 1.165) is 47.2 Å². The van der Waals surface area contributed by atoms with E-state index in [-0.39, 0.29) is 18.6 Å². The first-order valence-corrected chi connectivity index (χ1v) is 13.1. The van der Waals surface area contributed by atoms with Crippen LogP contribution in [0.3, 0.4) is 0 Å². The number of amides is 1. The van der Waals surface area contributed by atoms with Crippen molar-refractivity contribution in [1.29, 1.82) is 0 Å². The highest BCUT2D eigenvalue weighted by Crippen LogP contribution is 2.47. The van der Waals surface area contributed by atoms with Crippen molar-refractivity contribution in [1.82, 2.24) is 15.4 Å². The van der Waals surface area contributed by atoms with Gasteiger partial charge in [0.05, 0.1) is 29.8 Å². The van der Waals surface area contributed by atoms with E-state index in [0.29, 0.717) is 12.0 Å². The maximum Gasteiger partial charge on any atom is 0.255 e. The van der Waals surface area contributed by atoms with E-state index in [2.05, 4.69) is 16.5 Å². The number of hydroxylamine groups is 1. The van der Waals surface area contributed by atoms with Gasteiger partial charge in [0.2, 0.25) is 0 Å². The van der Waals surface area contributed by atoms with Crippen LogP contribution >= 0.6 is 0 Å². The van der Waals surface area contributed by atoms with Crippen LogP contribution in [0.4, 0.5) is 0 Å². The zero-order valence-corrected chi connectivity index (χ0v) is 21.4. The van der Waals surface area contributed by atoms with Gasteiger partial charge in [-0.15, -0.1) is 0 Å². The number of hydrogen-bond acceptors (Lipinski definition) is 6. The number of carbonyl (C=O) groups excluding carboxylic acids is 1. The van der Waals surface area contributed by atoms with Crippen LogP contribution in [0.2, 0.25) is 0 Å². The normalized spacial score (nSPS) is 24.5. The number of fused-ring (bicyclic) bond motifs is 1. The lowest BCUT2D eigenvalue weighted by Gasteiger charge is -2.49. The van der Waals surface area contributed by atoms with Crippen LogP contribution in [0.25, 0.3) is 0 Å². The van der Waals surface area contributed by atoms with Gasteiger partial charge in [-0.1, -0.05) is 60.9 Å². The first kappa shape index (κ1) is 25.5. The van der Waals surface area contributed by atoms with Gasteiger partial charge < -0.3 is 15.1 Å². The van der Waals surface area contributed by atoms with Crippen molar-refractivity contribution >= 4 is 5.91 Å². The first-order valence-electron chi connectivity index (χ1n) is 13.1. The lowest BCUT2D eigenvalue weighted by Crippen LogP contribution is -2.56. The molecule has 1 aliphatic carbocycles. The van der Waals surface area contributed by atoms with Crippen molar-refractivity contribution in [3.8, 4) is 0 Å². The van der Waals surface area contributed by atoms with Gasteiger partial charge in [-0.05, 0) is 61.6 Å². The fourth-order valence-corrected chi connectivity index (χ4v) is 5.97. The number of aromatic nitrogens is 1. The minimum atomic E-state index is -1.12. The summed E-state index contributed by atoms with van der Waals surface area (Å²) >= 11 is 0. The molecule has 1 fully saturated rings. The Balaban J connectivity index is 1.57. The number of aryl methyl sites for hydroxylation is 2. The van der Waals surface area contributed by atoms with Crippen molar-refractivity contribution in [2.45, 2.75) is 76.5 Å². The monoisotopic (exact) mass is 501 g/mol. The van der Waals surface area contributed by atoms with Gasteiger partial charge in [0.15, 0.2) is 0 Å². The van der Waals surface area contributed by atoms with Crippen molar-refractivity contribution in [2.24, 2.45) is 0 Å². The number of benzene rings is 2. The third-order valence-corrected chi connectivity index (χ3v) is 7.71. The predicted molar refractivity (Wildman–Crippen MR) is 140 cm³/mol. The third-order valence-electron chi connectivity index (χ3n) is 7.71. The highest BCUT2D eigenvalue weighted by atomic mass is 16.7. The molecule has 1 saturated carbocycles. The molecule has 3 N–H and O–H groups in total. The van der Waals surface area contributed by atoms with E-state index in [1.807, 2.05) is 73.3 Å². The van der Waals surface area contributed by atoms with Gasteiger partial charge in [0, 0.05) is 11.8 Å². The second-order valence-corrected chi connectivity index (χ2v) is 10.2. The van der Waals surface area contributed by atoms with Gasteiger partial charge in [0.1, 0.15) is 12.8 Å². The van der Waals surface area contributed by atoms with E-state index in [9.17, 15) is 15.0 Å². The summed E-state index contributed by atoms with van der Waals surface area (Å²) in [5.74, 6) is -0.627. The molecule has 7 nitrogen and oxygen atoms in total. The summed E-state index contributed by atoms with van der Waals surface area (Å²) in [5, 5.41) is 22.6. The number of pyridine rings is 1. The SMILES string of the molecule is Cc1ccc(C2C(C(O)NOCc3ccccn3)c3ccccc3C(=O)N2C2CCCCC2O)c(C)c1. The number of nitrogens with zero attached hydrogens (tertiary/aromatic N) is 2. The molecular formula is C30H35N3O4. The number of aliphatic hydroxyl groups is 2. The maximum absolute atomic E-state index is 14.1. The van der Waals surface area contributed by atoms with Crippen molar-refractivity contribution < 1.29 is 19.8 Å². The first-order chi connectivity index (χ1) is 18.0. The highest BCUT2D eigenvalue weighted by Gasteiger charge is 2.48. The third kappa shape index (κ3) is 5.18. The van der Waals surface area contributed by atoms with E-state index in [1.54, 1.807) is 6.20 Å². The second kappa shape index (κ2) is 11.1. The summed E-state index contributed by atoms with van der Waals surface area (Å²) < 4.78 is 0. The predicted octanol–water partition coefficient (Wildman–Crippen LogP) is 4.32. The molecule has 1 aromatic heterocycles. The minimum Gasteiger partial charge on any atom is -0.391 e. The minimum absolute atomic E-state index is 0.107. The summed E-state index contributed by atoms with van der Waals surface area (Å²) in [4.78, 5) is 25.9. The molecule has 7 heteroatoms. The number of nitrogens with one attached hydrogen (secondary N) is 1. The second-order valence-electron chi connectivity index (χ2n) is 10.2. The number of hydrogen-bond donors (Lipinski definition) is 3. The van der Waals surface area contributed by atoms with E-state index in [1.165, 1.54) is 0 Å². The van der Waals surface area contributed by atoms with Crippen LogP contribution in [0, 0.1) is 13.8 Å². The molecule has 3 aromatic rings. The van der Waals surface area contributed by atoms with Crippen molar-refractivity contribution in [3.63, 3.8) is 0 Å². The Bertz CT molecular complexity index is 1230. The fourth-order valence-electron chi connectivity index (χ4n) is 5.97. The van der Waals surface area contributed by atoms with Gasteiger partial charge in [0.25, 0.3) is 5.91 Å². The molecule has 0 spiro atoms. The molecule has 5 unspecified atom stereocenters. The fraction of sp³-hybridized carbons (Fsp3) is 0.400. The zero-order chi connectivity index (χ0) is 25.9. The topological polar surface area (TPSA) is 94.9 Å². The lowest BCUT2D eigenvalue weighted by molar-refractivity contribution is -0.0938. The molecular weight excluding hydrogens is 466 g/mol. The van der Waals surface area contributed by atoms with Crippen LogP contribution in [0.5, 0.6) is 0 Å². The van der Waals surface area contributed by atoms with E-state index < -0.39 is 24.3 Å². The molecule has 5 rings (SSSR count). The zero-order valence-electron chi connectivity index (χ0n) is 21.4. The Kier molecular flexibility index (Phi) is 7.67. The molecule has 2 aromatic carbocycles. The van der Waals surface area contributed by atoms with Gasteiger partial charge >= 0.3 is 0 Å². The maximum atomic E-state index is 14.1. The summed E-state index contributed by atoms with van der Waals surface area (Å²) in [6.07, 6.45) is 3.25. The Labute approximate surface area is 218 Å². The van der Waals surface area contributed by atoms with Crippen LogP contribution < -0.4 is 5.48 Å². The average molecular weight is 502 g/mol. The Morgan fingerprint density at radius 1 is 1.05 bits per heavy atom. The molecule has 37 heavy (non-hydrogen) atoms. The molecule has 194 valence electrons. The molecule has 1 amide bonds. The van der Waals surface area contributed by atoms with E-state index >= 15 is 0 Å². The molecule has 0 bridgehead atoms. The highest BCUT2D eigenvalue weighted by molar-refractivity contribution is 5.98. The molecule has 0 radical (unpaired) electrons. The molecule has 5 atom stereocenters. The van der Waals surface area contributed by atoms with Gasteiger partial charge in [-0.25, -0.2) is 0 Å². The van der Waals surface area contributed by atoms with Crippen molar-refractivity contribution in [2.75, 3.05) is 0 Å². The van der Waals surface area contributed by atoms with Gasteiger partial charge in [-0.3, -0.25) is 14.6 Å². The van der Waals surface area contributed by atoms with Gasteiger partial charge in [-0.2, -0.15) is 5.48 Å². The summed E-state index contributed by atoms with van der Waals surface area (Å²) in [5.41, 5.74) is 8.02. The number of aliphatic hydroxyl groups excluding tert-OH is 2. The summed E-state index contributed by atoms with van der Waals surface area (Å²) in [7, 11) is 0. The smallest absolute Gasteiger partial charge is 0.255 e. The quantitative estimate of drug-likeness (QED) is 0.330. The molecule has 2 aliphatic rings. The van der Waals surface area contributed by atoms with E-state index in [4.69, 9.17) is 4.84 Å². The van der Waals surface area contributed by atoms with Crippen LogP contribution in [-0.4, -0.2) is 44.4 Å². The van der Waals surface area contributed by atoms with Crippen LogP contribution in [0.1, 0.15) is 75.9 Å². The summed E-state index contributed by atoms with van der Waals surface area (Å²) in [6.45, 7) is 4.27. The lowest BCUT2D eigenvalue weighted by atomic mass is 9.75. The molecule has 0 saturated heterocycles. The number of rotatable bonds is 7. The average Bonchev–Trinajstić information content (AvgIpc) is 2.90. The Morgan fingerprint density at radius 3 is 2.59 bits per heavy atom. The van der Waals surface area contributed by atoms with Crippen LogP contribution in [-0.2, 0) is 11.4 Å². The Morgan fingerprint density at radius 2 is 1.84 bits per heavy atom. The Hall–Kier alpha value is -3.10. The van der Waals surface area contributed by atoms with Crippen LogP contribution in [0.15, 0.2) is 66.9 Å². The number of carbonyl (C=O) groups is 1. The van der Waals surface area contributed by atoms with Crippen molar-refractivity contribution in [3.05, 3.63) is 100 Å². The molecule has 2 heterocycles. The molecule has 1 aliphatic heterocycles.